The molecule has 0 bridgehead atoms. The molecule has 0 radical (unpaired) electrons. The summed E-state index contributed by atoms with van der Waals surface area (Å²) in [4.78, 5) is 2.43. The maximum absolute atomic E-state index is 9.67. The molecule has 1 N–H and O–H groups in total. The molecule has 3 aromatic rings. The van der Waals surface area contributed by atoms with E-state index in [0.717, 1.165) is 18.7 Å². The highest BCUT2D eigenvalue weighted by Crippen LogP contribution is 2.39. The first-order chi connectivity index (χ1) is 12.3. The Balaban J connectivity index is 0.00000196. The van der Waals surface area contributed by atoms with Crippen LogP contribution in [0.25, 0.3) is 0 Å². The molecule has 4 heteroatoms. The third-order valence-electron chi connectivity index (χ3n) is 4.88. The molecule has 26 heavy (non-hydrogen) atoms. The summed E-state index contributed by atoms with van der Waals surface area (Å²) in [5.74, 6) is 1.19. The Bertz CT molecular complexity index is 865. The van der Waals surface area contributed by atoms with Crippen molar-refractivity contribution in [2.45, 2.75) is 12.5 Å². The Morgan fingerprint density at radius 3 is 2.38 bits per heavy atom. The highest BCUT2D eigenvalue weighted by Gasteiger charge is 2.29. The van der Waals surface area contributed by atoms with Gasteiger partial charge in [0.15, 0.2) is 0 Å². The van der Waals surface area contributed by atoms with Crippen LogP contribution >= 0.6 is 12.4 Å². The fourth-order valence-electron chi connectivity index (χ4n) is 3.64. The van der Waals surface area contributed by atoms with Crippen LogP contribution in [0.1, 0.15) is 22.7 Å². The number of fused-ring (bicyclic) bond motifs is 1. The molecule has 134 valence electrons. The van der Waals surface area contributed by atoms with Crippen LogP contribution in [0.4, 0.5) is 5.69 Å². The Hall–Kier alpha value is -2.65. The zero-order valence-corrected chi connectivity index (χ0v) is 15.4. The molecule has 0 spiro atoms. The Kier molecular flexibility index (Phi) is 5.38. The number of nitrogens with zero attached hydrogens (tertiary/aromatic N) is 1. The smallest absolute Gasteiger partial charge is 0.119 e. The normalized spacial score (nSPS) is 15.7. The van der Waals surface area contributed by atoms with E-state index in [0.29, 0.717) is 5.75 Å². The monoisotopic (exact) mass is 367 g/mol. The molecule has 0 aliphatic carbocycles. The van der Waals surface area contributed by atoms with Gasteiger partial charge < -0.3 is 14.7 Å². The van der Waals surface area contributed by atoms with E-state index in [9.17, 15) is 5.11 Å². The Morgan fingerprint density at radius 1 is 0.962 bits per heavy atom. The van der Waals surface area contributed by atoms with E-state index in [1.165, 1.54) is 22.4 Å². The number of phenols is 1. The van der Waals surface area contributed by atoms with Crippen molar-refractivity contribution in [3.8, 4) is 11.5 Å². The zero-order chi connectivity index (χ0) is 17.2. The second-order valence-electron chi connectivity index (χ2n) is 6.34. The molecule has 1 atom stereocenters. The molecule has 1 aliphatic rings. The van der Waals surface area contributed by atoms with Gasteiger partial charge in [-0.25, -0.2) is 0 Å². The van der Waals surface area contributed by atoms with E-state index in [-0.39, 0.29) is 18.4 Å². The summed E-state index contributed by atoms with van der Waals surface area (Å²) >= 11 is 0. The van der Waals surface area contributed by atoms with Crippen LogP contribution in [0.15, 0.2) is 72.8 Å². The topological polar surface area (TPSA) is 32.7 Å². The maximum atomic E-state index is 9.67. The van der Waals surface area contributed by atoms with Crippen molar-refractivity contribution < 1.29 is 9.84 Å². The van der Waals surface area contributed by atoms with Gasteiger partial charge in [0, 0.05) is 12.2 Å². The molecule has 0 saturated heterocycles. The molecule has 0 amide bonds. The second-order valence-corrected chi connectivity index (χ2v) is 6.34. The van der Waals surface area contributed by atoms with Gasteiger partial charge in [-0.3, -0.25) is 0 Å². The average molecular weight is 368 g/mol. The molecule has 4 rings (SSSR count). The SMILES string of the molecule is COc1ccc2c(c1)CCN(c1ccccc1)C2c1ccc(O)cc1.Cl. The molecule has 1 aliphatic heterocycles. The molecule has 0 fully saturated rings. The van der Waals surface area contributed by atoms with Crippen molar-refractivity contribution in [2.24, 2.45) is 0 Å². The molecule has 0 aromatic heterocycles. The average Bonchev–Trinajstić information content (AvgIpc) is 2.68. The number of aromatic hydroxyl groups is 1. The maximum Gasteiger partial charge on any atom is 0.119 e. The first kappa shape index (κ1) is 18.2. The lowest BCUT2D eigenvalue weighted by Crippen LogP contribution is -2.36. The van der Waals surface area contributed by atoms with Gasteiger partial charge in [-0.2, -0.15) is 0 Å². The van der Waals surface area contributed by atoms with Gasteiger partial charge in [0.1, 0.15) is 11.5 Å². The summed E-state index contributed by atoms with van der Waals surface area (Å²) in [6, 6.07) is 24.5. The van der Waals surface area contributed by atoms with Crippen LogP contribution in [0.5, 0.6) is 11.5 Å². The van der Waals surface area contributed by atoms with Crippen LogP contribution in [0.2, 0.25) is 0 Å². The Labute approximate surface area is 160 Å². The zero-order valence-electron chi connectivity index (χ0n) is 14.6. The lowest BCUT2D eigenvalue weighted by atomic mass is 9.87. The van der Waals surface area contributed by atoms with Crippen molar-refractivity contribution >= 4 is 18.1 Å². The predicted octanol–water partition coefficient (Wildman–Crippen LogP) is 4.97. The van der Waals surface area contributed by atoms with Crippen LogP contribution in [-0.2, 0) is 6.42 Å². The number of hydrogen-bond acceptors (Lipinski definition) is 3. The van der Waals surface area contributed by atoms with E-state index in [4.69, 9.17) is 4.74 Å². The van der Waals surface area contributed by atoms with Gasteiger partial charge in [-0.15, -0.1) is 12.4 Å². The molecular formula is C22H22ClNO2. The van der Waals surface area contributed by atoms with Crippen molar-refractivity contribution in [2.75, 3.05) is 18.6 Å². The summed E-state index contributed by atoms with van der Waals surface area (Å²) in [5.41, 5.74) is 5.00. The van der Waals surface area contributed by atoms with E-state index in [1.807, 2.05) is 24.3 Å². The summed E-state index contributed by atoms with van der Waals surface area (Å²) in [5, 5.41) is 9.67. The molecular weight excluding hydrogens is 346 g/mol. The first-order valence-electron chi connectivity index (χ1n) is 8.54. The largest absolute Gasteiger partial charge is 0.508 e. The number of methoxy groups -OCH3 is 1. The van der Waals surface area contributed by atoms with Crippen LogP contribution in [0, 0.1) is 0 Å². The minimum absolute atomic E-state index is 0. The highest BCUT2D eigenvalue weighted by molar-refractivity contribution is 5.85. The molecule has 1 unspecified atom stereocenters. The van der Waals surface area contributed by atoms with Gasteiger partial charge in [-0.05, 0) is 59.5 Å². The first-order valence-corrected chi connectivity index (χ1v) is 8.54. The van der Waals surface area contributed by atoms with Gasteiger partial charge in [-0.1, -0.05) is 36.4 Å². The van der Waals surface area contributed by atoms with E-state index in [1.54, 1.807) is 19.2 Å². The summed E-state index contributed by atoms with van der Waals surface area (Å²) in [6.45, 7) is 0.940. The number of benzene rings is 3. The fourth-order valence-corrected chi connectivity index (χ4v) is 3.64. The molecule has 1 heterocycles. The van der Waals surface area contributed by atoms with Gasteiger partial charge in [0.25, 0.3) is 0 Å². The van der Waals surface area contributed by atoms with Gasteiger partial charge in [0.05, 0.1) is 13.2 Å². The summed E-state index contributed by atoms with van der Waals surface area (Å²) < 4.78 is 5.40. The van der Waals surface area contributed by atoms with Gasteiger partial charge in [0.2, 0.25) is 0 Å². The number of hydrogen-bond donors (Lipinski definition) is 1. The minimum Gasteiger partial charge on any atom is -0.508 e. The van der Waals surface area contributed by atoms with Crippen molar-refractivity contribution in [1.82, 2.24) is 0 Å². The lowest BCUT2D eigenvalue weighted by Gasteiger charge is -2.39. The number of halogens is 1. The number of para-hydroxylation sites is 1. The minimum atomic E-state index is 0. The van der Waals surface area contributed by atoms with Crippen molar-refractivity contribution in [3.63, 3.8) is 0 Å². The number of ether oxygens (including phenoxy) is 1. The number of anilines is 1. The van der Waals surface area contributed by atoms with Crippen LogP contribution in [0.3, 0.4) is 0 Å². The standard InChI is InChI=1S/C22H21NO2.ClH/c1-25-20-11-12-21-17(15-20)13-14-23(18-5-3-2-4-6-18)22(21)16-7-9-19(24)10-8-16;/h2-12,15,22,24H,13-14H2,1H3;1H. The fraction of sp³-hybridized carbons (Fsp3) is 0.182. The lowest BCUT2D eigenvalue weighted by molar-refractivity contribution is 0.413. The number of phenolic OH excluding ortho intramolecular Hbond substituents is 1. The number of rotatable bonds is 3. The van der Waals surface area contributed by atoms with Gasteiger partial charge >= 0.3 is 0 Å². The third kappa shape index (κ3) is 3.35. The second kappa shape index (κ2) is 7.71. The molecule has 0 saturated carbocycles. The van der Waals surface area contributed by atoms with Crippen LogP contribution < -0.4 is 9.64 Å². The summed E-state index contributed by atoms with van der Waals surface area (Å²) in [7, 11) is 1.71. The quantitative estimate of drug-likeness (QED) is 0.709. The van der Waals surface area contributed by atoms with Crippen molar-refractivity contribution in [3.05, 3.63) is 89.5 Å². The Morgan fingerprint density at radius 2 is 1.69 bits per heavy atom. The summed E-state index contributed by atoms with van der Waals surface area (Å²) in [6.07, 6.45) is 0.982. The third-order valence-corrected chi connectivity index (χ3v) is 4.88. The molecule has 3 aromatic carbocycles. The van der Waals surface area contributed by atoms with Crippen molar-refractivity contribution in [1.29, 1.82) is 0 Å². The highest BCUT2D eigenvalue weighted by atomic mass is 35.5. The predicted molar refractivity (Wildman–Crippen MR) is 108 cm³/mol. The van der Waals surface area contributed by atoms with E-state index < -0.39 is 0 Å². The van der Waals surface area contributed by atoms with Crippen LogP contribution in [-0.4, -0.2) is 18.8 Å². The van der Waals surface area contributed by atoms with E-state index in [2.05, 4.69) is 41.3 Å². The van der Waals surface area contributed by atoms with E-state index >= 15 is 0 Å². The molecule has 3 nitrogen and oxygen atoms in total.